The Hall–Kier alpha value is -1.62. The number of carbonyl (C=O) groups is 2. The van der Waals surface area contributed by atoms with Crippen LogP contribution in [0.2, 0.25) is 0 Å². The molecule has 0 bridgehead atoms. The summed E-state index contributed by atoms with van der Waals surface area (Å²) in [6.45, 7) is 18.1. The van der Waals surface area contributed by atoms with Gasteiger partial charge in [-0.05, 0) is 46.6 Å². The summed E-state index contributed by atoms with van der Waals surface area (Å²) in [5.74, 6) is 0.801. The summed E-state index contributed by atoms with van der Waals surface area (Å²) in [7, 11) is 0. The summed E-state index contributed by atoms with van der Waals surface area (Å²) in [4.78, 5) is 29.1. The first kappa shape index (κ1) is 20.7. The van der Waals surface area contributed by atoms with Gasteiger partial charge in [0.05, 0.1) is 6.54 Å². The van der Waals surface area contributed by atoms with E-state index < -0.39 is 0 Å². The smallest absolute Gasteiger partial charge is 0.222 e. The van der Waals surface area contributed by atoms with Crippen LogP contribution in [0.3, 0.4) is 0 Å². The average Bonchev–Trinajstić information content (AvgIpc) is 2.82. The topological polar surface area (TPSA) is 45.6 Å². The average molecular weight is 362 g/mol. The van der Waals surface area contributed by atoms with Crippen LogP contribution >= 0.6 is 0 Å². The second kappa shape index (κ2) is 7.95. The van der Waals surface area contributed by atoms with Gasteiger partial charge in [0.15, 0.2) is 5.78 Å². The SMILES string of the molecule is Cc1cc(C(=O)CN2CCN(C(=O)CC(C)C)CC2)c(C)n1C(C)(C)C. The van der Waals surface area contributed by atoms with Crippen molar-refractivity contribution >= 4 is 11.7 Å². The van der Waals surface area contributed by atoms with E-state index >= 15 is 0 Å². The number of aromatic nitrogens is 1. The number of piperazine rings is 1. The molecule has 1 aliphatic heterocycles. The number of carbonyl (C=O) groups excluding carboxylic acids is 2. The van der Waals surface area contributed by atoms with Gasteiger partial charge >= 0.3 is 0 Å². The van der Waals surface area contributed by atoms with E-state index in [0.717, 1.165) is 43.1 Å². The highest BCUT2D eigenvalue weighted by Crippen LogP contribution is 2.25. The molecule has 1 amide bonds. The molecule has 0 N–H and O–H groups in total. The van der Waals surface area contributed by atoms with Crippen LogP contribution in [0.15, 0.2) is 6.07 Å². The molecule has 0 saturated carbocycles. The maximum Gasteiger partial charge on any atom is 0.222 e. The van der Waals surface area contributed by atoms with Crippen LogP contribution in [0, 0.1) is 19.8 Å². The maximum absolute atomic E-state index is 12.9. The van der Waals surface area contributed by atoms with Crippen molar-refractivity contribution in [2.24, 2.45) is 5.92 Å². The normalized spacial score (nSPS) is 16.4. The van der Waals surface area contributed by atoms with E-state index in [1.54, 1.807) is 0 Å². The van der Waals surface area contributed by atoms with E-state index in [1.807, 2.05) is 17.9 Å². The molecule has 5 heteroatoms. The monoisotopic (exact) mass is 361 g/mol. The highest BCUT2D eigenvalue weighted by atomic mass is 16.2. The molecular formula is C21H35N3O2. The molecule has 0 aromatic carbocycles. The second-order valence-electron chi connectivity index (χ2n) is 8.97. The van der Waals surface area contributed by atoms with Crippen LogP contribution in [0.4, 0.5) is 0 Å². The number of amides is 1. The molecule has 1 saturated heterocycles. The lowest BCUT2D eigenvalue weighted by Gasteiger charge is -2.34. The van der Waals surface area contributed by atoms with E-state index in [-0.39, 0.29) is 17.2 Å². The molecule has 5 nitrogen and oxygen atoms in total. The molecule has 1 fully saturated rings. The summed E-state index contributed by atoms with van der Waals surface area (Å²) < 4.78 is 2.24. The van der Waals surface area contributed by atoms with Crippen LogP contribution in [0.5, 0.6) is 0 Å². The Morgan fingerprint density at radius 3 is 2.12 bits per heavy atom. The van der Waals surface area contributed by atoms with Crippen molar-refractivity contribution in [1.82, 2.24) is 14.4 Å². The third-order valence-corrected chi connectivity index (χ3v) is 5.08. The van der Waals surface area contributed by atoms with Crippen LogP contribution in [-0.4, -0.2) is 58.8 Å². The Balaban J connectivity index is 1.97. The van der Waals surface area contributed by atoms with E-state index in [1.165, 1.54) is 0 Å². The fraction of sp³-hybridized carbons (Fsp3) is 0.714. The number of nitrogens with zero attached hydrogens (tertiary/aromatic N) is 3. The molecule has 0 unspecified atom stereocenters. The first-order valence-corrected chi connectivity index (χ1v) is 9.73. The van der Waals surface area contributed by atoms with Crippen molar-refractivity contribution in [3.8, 4) is 0 Å². The number of aryl methyl sites for hydroxylation is 1. The molecule has 0 aliphatic carbocycles. The Bertz CT molecular complexity index is 660. The molecule has 0 radical (unpaired) electrons. The van der Waals surface area contributed by atoms with Crippen molar-refractivity contribution in [1.29, 1.82) is 0 Å². The van der Waals surface area contributed by atoms with Gasteiger partial charge in [0.25, 0.3) is 0 Å². The standard InChI is InChI=1S/C21H35N3O2/c1-15(2)12-20(26)23-10-8-22(9-11-23)14-19(25)18-13-16(3)24(17(18)4)21(5,6)7/h13,15H,8-12,14H2,1-7H3. The van der Waals surface area contributed by atoms with Gasteiger partial charge < -0.3 is 9.47 Å². The first-order valence-electron chi connectivity index (χ1n) is 9.73. The molecule has 1 aliphatic rings. The molecule has 2 heterocycles. The number of hydrogen-bond acceptors (Lipinski definition) is 3. The van der Waals surface area contributed by atoms with E-state index in [0.29, 0.717) is 18.9 Å². The zero-order valence-electron chi connectivity index (χ0n) is 17.6. The summed E-state index contributed by atoms with van der Waals surface area (Å²) in [6, 6.07) is 2.02. The van der Waals surface area contributed by atoms with Gasteiger partial charge in [-0.1, -0.05) is 13.8 Å². The van der Waals surface area contributed by atoms with Crippen LogP contribution in [0.25, 0.3) is 0 Å². The van der Waals surface area contributed by atoms with Crippen molar-refractivity contribution in [3.63, 3.8) is 0 Å². The summed E-state index contributed by atoms with van der Waals surface area (Å²) in [6.07, 6.45) is 0.609. The number of rotatable bonds is 5. The van der Waals surface area contributed by atoms with E-state index in [4.69, 9.17) is 0 Å². The predicted octanol–water partition coefficient (Wildman–Crippen LogP) is 3.23. The third kappa shape index (κ3) is 4.76. The van der Waals surface area contributed by atoms with Crippen molar-refractivity contribution in [3.05, 3.63) is 23.0 Å². The van der Waals surface area contributed by atoms with E-state index in [9.17, 15) is 9.59 Å². The fourth-order valence-corrected chi connectivity index (χ4v) is 4.00. The number of ketones is 1. The fourth-order valence-electron chi connectivity index (χ4n) is 4.00. The minimum atomic E-state index is -0.0326. The highest BCUT2D eigenvalue weighted by molar-refractivity contribution is 5.99. The van der Waals surface area contributed by atoms with Gasteiger partial charge in [-0.3, -0.25) is 14.5 Å². The third-order valence-electron chi connectivity index (χ3n) is 5.08. The Kier molecular flexibility index (Phi) is 6.33. The molecule has 0 atom stereocenters. The second-order valence-corrected chi connectivity index (χ2v) is 8.97. The quantitative estimate of drug-likeness (QED) is 0.757. The number of Topliss-reactive ketones (excluding diaryl/α,β-unsaturated/α-hetero) is 1. The Morgan fingerprint density at radius 2 is 1.65 bits per heavy atom. The van der Waals surface area contributed by atoms with Gasteiger partial charge in [-0.2, -0.15) is 0 Å². The minimum absolute atomic E-state index is 0.0326. The highest BCUT2D eigenvalue weighted by Gasteiger charge is 2.26. The minimum Gasteiger partial charge on any atom is -0.343 e. The zero-order valence-corrected chi connectivity index (χ0v) is 17.6. The Morgan fingerprint density at radius 1 is 1.08 bits per heavy atom. The van der Waals surface area contributed by atoms with Gasteiger partial charge in [0.1, 0.15) is 0 Å². The van der Waals surface area contributed by atoms with Gasteiger partial charge in [-0.25, -0.2) is 0 Å². The first-order chi connectivity index (χ1) is 12.0. The van der Waals surface area contributed by atoms with Crippen molar-refractivity contribution < 1.29 is 9.59 Å². The van der Waals surface area contributed by atoms with Crippen molar-refractivity contribution in [2.75, 3.05) is 32.7 Å². The molecule has 2 rings (SSSR count). The van der Waals surface area contributed by atoms with E-state index in [2.05, 4.69) is 51.0 Å². The summed E-state index contributed by atoms with van der Waals surface area (Å²) >= 11 is 0. The lowest BCUT2D eigenvalue weighted by molar-refractivity contribution is -0.133. The van der Waals surface area contributed by atoms with Crippen LogP contribution in [-0.2, 0) is 10.3 Å². The van der Waals surface area contributed by atoms with Crippen LogP contribution in [0.1, 0.15) is 62.8 Å². The van der Waals surface area contributed by atoms with Crippen LogP contribution < -0.4 is 0 Å². The number of hydrogen-bond donors (Lipinski definition) is 0. The lowest BCUT2D eigenvalue weighted by Crippen LogP contribution is -2.50. The molecule has 1 aromatic rings. The van der Waals surface area contributed by atoms with Crippen molar-refractivity contribution in [2.45, 2.75) is 60.4 Å². The lowest BCUT2D eigenvalue weighted by atomic mass is 10.1. The van der Waals surface area contributed by atoms with Gasteiger partial charge in [0, 0.05) is 55.1 Å². The molecule has 26 heavy (non-hydrogen) atoms. The predicted molar refractivity (Wildman–Crippen MR) is 106 cm³/mol. The Labute approximate surface area is 158 Å². The summed E-state index contributed by atoms with van der Waals surface area (Å²) in [5, 5.41) is 0. The van der Waals surface area contributed by atoms with Gasteiger partial charge in [0.2, 0.25) is 5.91 Å². The molecule has 146 valence electrons. The maximum atomic E-state index is 12.9. The summed E-state index contributed by atoms with van der Waals surface area (Å²) in [5.41, 5.74) is 2.97. The molecular weight excluding hydrogens is 326 g/mol. The van der Waals surface area contributed by atoms with Gasteiger partial charge in [-0.15, -0.1) is 0 Å². The molecule has 0 spiro atoms. The largest absolute Gasteiger partial charge is 0.343 e. The zero-order chi connectivity index (χ0) is 19.6. The molecule has 1 aromatic heterocycles.